The Kier molecular flexibility index (Phi) is 3.98. The van der Waals surface area contributed by atoms with Gasteiger partial charge < -0.3 is 10.1 Å². The molecule has 102 valence electrons. The first-order valence-electron chi connectivity index (χ1n) is 5.83. The molecular weight excluding hydrogens is 256 g/mol. The van der Waals surface area contributed by atoms with E-state index < -0.39 is 0 Å². The smallest absolute Gasteiger partial charge is 0.239 e. The molecule has 0 saturated carbocycles. The molecular formula is C13H14N6O. The maximum atomic E-state index is 8.88. The van der Waals surface area contributed by atoms with Gasteiger partial charge in [0.1, 0.15) is 11.6 Å². The van der Waals surface area contributed by atoms with Crippen LogP contribution >= 0.6 is 0 Å². The van der Waals surface area contributed by atoms with E-state index in [1.54, 1.807) is 31.5 Å². The maximum absolute atomic E-state index is 8.88. The van der Waals surface area contributed by atoms with Gasteiger partial charge in [-0.3, -0.25) is 5.43 Å². The van der Waals surface area contributed by atoms with Gasteiger partial charge in [-0.15, -0.1) is 0 Å². The fraction of sp³-hybridized carbons (Fsp3) is 0.154. The third kappa shape index (κ3) is 2.76. The first-order valence-corrected chi connectivity index (χ1v) is 5.83. The SMILES string of the molecule is COc1cc(C#N)ccc1Nc1nc(NN)ncc1C. The van der Waals surface area contributed by atoms with Crippen LogP contribution in [0, 0.1) is 18.3 Å². The Balaban J connectivity index is 2.37. The summed E-state index contributed by atoms with van der Waals surface area (Å²) in [5, 5.41) is 12.0. The quantitative estimate of drug-likeness (QED) is 0.573. The van der Waals surface area contributed by atoms with Crippen LogP contribution in [0.5, 0.6) is 5.75 Å². The van der Waals surface area contributed by atoms with Gasteiger partial charge >= 0.3 is 0 Å². The molecule has 1 aromatic carbocycles. The zero-order valence-corrected chi connectivity index (χ0v) is 11.1. The number of benzene rings is 1. The largest absolute Gasteiger partial charge is 0.495 e. The lowest BCUT2D eigenvalue weighted by Crippen LogP contribution is -2.11. The number of aromatic nitrogens is 2. The molecule has 4 N–H and O–H groups in total. The number of hydrazine groups is 1. The van der Waals surface area contributed by atoms with Gasteiger partial charge in [0.25, 0.3) is 0 Å². The number of aryl methyl sites for hydroxylation is 1. The fourth-order valence-corrected chi connectivity index (χ4v) is 1.63. The van der Waals surface area contributed by atoms with E-state index in [2.05, 4.69) is 26.8 Å². The number of nitrogens with one attached hydrogen (secondary N) is 2. The van der Waals surface area contributed by atoms with E-state index in [1.165, 1.54) is 0 Å². The third-order valence-corrected chi connectivity index (χ3v) is 2.68. The summed E-state index contributed by atoms with van der Waals surface area (Å²) in [5.74, 6) is 6.77. The Hall–Kier alpha value is -2.85. The number of nitriles is 1. The lowest BCUT2D eigenvalue weighted by atomic mass is 10.2. The van der Waals surface area contributed by atoms with Crippen molar-refractivity contribution in [3.05, 3.63) is 35.5 Å². The lowest BCUT2D eigenvalue weighted by molar-refractivity contribution is 0.416. The summed E-state index contributed by atoms with van der Waals surface area (Å²) in [6.45, 7) is 1.87. The lowest BCUT2D eigenvalue weighted by Gasteiger charge is -2.13. The highest BCUT2D eigenvalue weighted by molar-refractivity contribution is 5.67. The van der Waals surface area contributed by atoms with Crippen molar-refractivity contribution >= 4 is 17.5 Å². The number of methoxy groups -OCH3 is 1. The molecule has 0 amide bonds. The highest BCUT2D eigenvalue weighted by Gasteiger charge is 2.08. The number of nitrogens with two attached hydrogens (primary N) is 1. The summed E-state index contributed by atoms with van der Waals surface area (Å²) in [6, 6.07) is 7.17. The van der Waals surface area contributed by atoms with Crippen molar-refractivity contribution in [2.45, 2.75) is 6.92 Å². The van der Waals surface area contributed by atoms with Gasteiger partial charge in [-0.05, 0) is 19.1 Å². The summed E-state index contributed by atoms with van der Waals surface area (Å²) < 4.78 is 5.26. The molecule has 7 nitrogen and oxygen atoms in total. The Morgan fingerprint density at radius 2 is 2.20 bits per heavy atom. The number of nitrogen functional groups attached to an aromatic ring is 1. The van der Waals surface area contributed by atoms with Crippen LogP contribution in [0.4, 0.5) is 17.5 Å². The second-order valence-corrected chi connectivity index (χ2v) is 4.02. The van der Waals surface area contributed by atoms with Gasteiger partial charge in [0.2, 0.25) is 5.95 Å². The molecule has 0 radical (unpaired) electrons. The molecule has 0 spiro atoms. The average Bonchev–Trinajstić information content (AvgIpc) is 2.49. The molecule has 1 heterocycles. The normalized spacial score (nSPS) is 9.70. The van der Waals surface area contributed by atoms with E-state index in [1.807, 2.05) is 6.92 Å². The van der Waals surface area contributed by atoms with E-state index in [4.69, 9.17) is 15.8 Å². The van der Waals surface area contributed by atoms with E-state index in [0.717, 1.165) is 5.56 Å². The molecule has 2 rings (SSSR count). The maximum Gasteiger partial charge on any atom is 0.239 e. The van der Waals surface area contributed by atoms with Crippen LogP contribution in [0.1, 0.15) is 11.1 Å². The molecule has 0 aliphatic carbocycles. The van der Waals surface area contributed by atoms with Crippen LogP contribution in [0.15, 0.2) is 24.4 Å². The van der Waals surface area contributed by atoms with Gasteiger partial charge in [-0.1, -0.05) is 0 Å². The molecule has 0 unspecified atom stereocenters. The van der Waals surface area contributed by atoms with Crippen molar-refractivity contribution in [1.82, 2.24) is 9.97 Å². The molecule has 0 saturated heterocycles. The molecule has 0 bridgehead atoms. The van der Waals surface area contributed by atoms with Crippen LogP contribution in [0.3, 0.4) is 0 Å². The number of rotatable bonds is 4. The van der Waals surface area contributed by atoms with Gasteiger partial charge in [0, 0.05) is 17.8 Å². The minimum Gasteiger partial charge on any atom is -0.495 e. The highest BCUT2D eigenvalue weighted by atomic mass is 16.5. The van der Waals surface area contributed by atoms with Crippen LogP contribution in [-0.4, -0.2) is 17.1 Å². The van der Waals surface area contributed by atoms with Crippen LogP contribution in [0.2, 0.25) is 0 Å². The number of anilines is 3. The van der Waals surface area contributed by atoms with Crippen LogP contribution < -0.4 is 21.3 Å². The van der Waals surface area contributed by atoms with E-state index in [9.17, 15) is 0 Å². The Morgan fingerprint density at radius 1 is 1.40 bits per heavy atom. The molecule has 2 aromatic rings. The van der Waals surface area contributed by atoms with Crippen molar-refractivity contribution in [2.24, 2.45) is 5.84 Å². The number of hydrogen-bond donors (Lipinski definition) is 3. The first-order chi connectivity index (χ1) is 9.67. The second kappa shape index (κ2) is 5.86. The second-order valence-electron chi connectivity index (χ2n) is 4.02. The minimum absolute atomic E-state index is 0.311. The molecule has 0 aliphatic rings. The summed E-state index contributed by atoms with van der Waals surface area (Å²) in [5.41, 5.74) is 4.48. The Bertz CT molecular complexity index is 664. The van der Waals surface area contributed by atoms with E-state index in [-0.39, 0.29) is 0 Å². The van der Waals surface area contributed by atoms with Crippen molar-refractivity contribution in [3.63, 3.8) is 0 Å². The monoisotopic (exact) mass is 270 g/mol. The summed E-state index contributed by atoms with van der Waals surface area (Å²) in [4.78, 5) is 8.23. The zero-order chi connectivity index (χ0) is 14.5. The fourth-order valence-electron chi connectivity index (χ4n) is 1.63. The topological polar surface area (TPSA) is 109 Å². The average molecular weight is 270 g/mol. The predicted molar refractivity (Wildman–Crippen MR) is 75.6 cm³/mol. The molecule has 0 atom stereocenters. The van der Waals surface area contributed by atoms with Crippen LogP contribution in [-0.2, 0) is 0 Å². The molecule has 0 fully saturated rings. The molecule has 20 heavy (non-hydrogen) atoms. The summed E-state index contributed by atoms with van der Waals surface area (Å²) >= 11 is 0. The molecule has 1 aromatic heterocycles. The highest BCUT2D eigenvalue weighted by Crippen LogP contribution is 2.29. The van der Waals surface area contributed by atoms with E-state index >= 15 is 0 Å². The number of nitrogens with zero attached hydrogens (tertiary/aromatic N) is 3. The Morgan fingerprint density at radius 3 is 2.85 bits per heavy atom. The number of ether oxygens (including phenoxy) is 1. The predicted octanol–water partition coefficient (Wildman–Crippen LogP) is 1.69. The zero-order valence-electron chi connectivity index (χ0n) is 11.1. The molecule has 0 aliphatic heterocycles. The summed E-state index contributed by atoms with van der Waals surface area (Å²) in [7, 11) is 1.54. The van der Waals surface area contributed by atoms with Crippen molar-refractivity contribution in [3.8, 4) is 11.8 Å². The molecule has 7 heteroatoms. The number of hydrogen-bond acceptors (Lipinski definition) is 7. The van der Waals surface area contributed by atoms with Gasteiger partial charge in [-0.2, -0.15) is 10.2 Å². The Labute approximate surface area is 116 Å². The van der Waals surface area contributed by atoms with Gasteiger partial charge in [-0.25, -0.2) is 10.8 Å². The van der Waals surface area contributed by atoms with Crippen LogP contribution in [0.25, 0.3) is 0 Å². The van der Waals surface area contributed by atoms with Crippen molar-refractivity contribution < 1.29 is 4.74 Å². The first kappa shape index (κ1) is 13.6. The minimum atomic E-state index is 0.311. The van der Waals surface area contributed by atoms with Gasteiger partial charge in [0.05, 0.1) is 24.4 Å². The van der Waals surface area contributed by atoms with E-state index in [0.29, 0.717) is 28.8 Å². The van der Waals surface area contributed by atoms with Gasteiger partial charge in [0.15, 0.2) is 0 Å². The summed E-state index contributed by atoms with van der Waals surface area (Å²) in [6.07, 6.45) is 1.65. The van der Waals surface area contributed by atoms with Crippen molar-refractivity contribution in [2.75, 3.05) is 17.9 Å². The standard InChI is InChI=1S/C13H14N6O/c1-8-7-16-13(19-15)18-12(8)17-10-4-3-9(6-14)5-11(10)20-2/h3-5,7H,15H2,1-2H3,(H2,16,17,18,19). The van der Waals surface area contributed by atoms with Crippen molar-refractivity contribution in [1.29, 1.82) is 5.26 Å². The third-order valence-electron chi connectivity index (χ3n) is 2.68.